The Morgan fingerprint density at radius 1 is 1.00 bits per heavy atom. The molecule has 2 aliphatic rings. The number of anilines is 1. The lowest BCUT2D eigenvalue weighted by atomic mass is 10.1. The van der Waals surface area contributed by atoms with E-state index in [1.54, 1.807) is 0 Å². The van der Waals surface area contributed by atoms with Crippen LogP contribution in [0.3, 0.4) is 0 Å². The molecule has 0 atom stereocenters. The second-order valence-corrected chi connectivity index (χ2v) is 6.80. The first-order chi connectivity index (χ1) is 12.8. The number of halogens is 1. The molecule has 0 aliphatic carbocycles. The van der Waals surface area contributed by atoms with Gasteiger partial charge in [-0.05, 0) is 37.1 Å². The van der Waals surface area contributed by atoms with Crippen LogP contribution in [0.5, 0.6) is 11.5 Å². The van der Waals surface area contributed by atoms with E-state index in [0.717, 1.165) is 47.2 Å². The van der Waals surface area contributed by atoms with Crippen molar-refractivity contribution in [2.45, 2.75) is 19.0 Å². The van der Waals surface area contributed by atoms with Gasteiger partial charge >= 0.3 is 0 Å². The average Bonchev–Trinajstić information content (AvgIpc) is 3.11. The van der Waals surface area contributed by atoms with Crippen LogP contribution in [-0.2, 0) is 0 Å². The fourth-order valence-corrected chi connectivity index (χ4v) is 3.62. The number of pyridine rings is 1. The van der Waals surface area contributed by atoms with Gasteiger partial charge in [0, 0.05) is 42.8 Å². The summed E-state index contributed by atoms with van der Waals surface area (Å²) in [4.78, 5) is 7.00. The minimum Gasteiger partial charge on any atom is -0.486 e. The van der Waals surface area contributed by atoms with E-state index in [9.17, 15) is 4.39 Å². The van der Waals surface area contributed by atoms with Crippen LogP contribution in [0, 0.1) is 0 Å². The molecule has 26 heavy (non-hydrogen) atoms. The number of imidazole rings is 1. The third kappa shape index (κ3) is 2.75. The van der Waals surface area contributed by atoms with Crippen molar-refractivity contribution in [3.05, 3.63) is 42.7 Å². The maximum Gasteiger partial charge on any atom is 0.162 e. The molecule has 1 saturated heterocycles. The molecule has 4 heterocycles. The van der Waals surface area contributed by atoms with Gasteiger partial charge < -0.3 is 18.8 Å². The number of fused-ring (bicyclic) bond motifs is 2. The number of aromatic nitrogens is 2. The lowest BCUT2D eigenvalue weighted by Crippen LogP contribution is -2.34. The number of nitrogens with zero attached hydrogens (tertiary/aromatic N) is 3. The predicted octanol–water partition coefficient (Wildman–Crippen LogP) is 3.71. The van der Waals surface area contributed by atoms with E-state index >= 15 is 0 Å². The molecule has 6 heteroatoms. The molecular weight excluding hydrogens is 333 g/mol. The molecule has 0 unspecified atom stereocenters. The minimum absolute atomic E-state index is 0.570. The monoisotopic (exact) mass is 353 g/mol. The molecule has 2 aromatic heterocycles. The summed E-state index contributed by atoms with van der Waals surface area (Å²) in [7, 11) is 0. The highest BCUT2D eigenvalue weighted by molar-refractivity contribution is 5.68. The van der Waals surface area contributed by atoms with E-state index in [-0.39, 0.29) is 0 Å². The van der Waals surface area contributed by atoms with Crippen LogP contribution >= 0.6 is 0 Å². The van der Waals surface area contributed by atoms with Crippen molar-refractivity contribution in [1.29, 1.82) is 0 Å². The van der Waals surface area contributed by atoms with Gasteiger partial charge in [0.15, 0.2) is 11.5 Å². The van der Waals surface area contributed by atoms with Gasteiger partial charge in [0.2, 0.25) is 0 Å². The molecule has 2 aliphatic heterocycles. The zero-order valence-electron chi connectivity index (χ0n) is 14.4. The van der Waals surface area contributed by atoms with Crippen LogP contribution in [0.15, 0.2) is 42.7 Å². The fraction of sp³-hybridized carbons (Fsp3) is 0.350. The van der Waals surface area contributed by atoms with Crippen molar-refractivity contribution in [3.63, 3.8) is 0 Å². The van der Waals surface area contributed by atoms with Gasteiger partial charge in [-0.3, -0.25) is 0 Å². The van der Waals surface area contributed by atoms with Crippen LogP contribution in [0.4, 0.5) is 10.1 Å². The van der Waals surface area contributed by atoms with Gasteiger partial charge in [-0.25, -0.2) is 9.37 Å². The molecule has 0 radical (unpaired) electrons. The Morgan fingerprint density at radius 2 is 1.81 bits per heavy atom. The van der Waals surface area contributed by atoms with Crippen molar-refractivity contribution in [1.82, 2.24) is 9.38 Å². The first-order valence-electron chi connectivity index (χ1n) is 9.04. The van der Waals surface area contributed by atoms with Crippen LogP contribution in [0.25, 0.3) is 16.9 Å². The van der Waals surface area contributed by atoms with Gasteiger partial charge in [0.25, 0.3) is 0 Å². The smallest absolute Gasteiger partial charge is 0.162 e. The number of hydrogen-bond acceptors (Lipinski definition) is 4. The van der Waals surface area contributed by atoms with Gasteiger partial charge in [-0.2, -0.15) is 0 Å². The molecule has 134 valence electrons. The zero-order chi connectivity index (χ0) is 17.5. The SMILES string of the molecule is FC1CCN(c2ccn3cc(-c4ccc5c(c4)OCCO5)nc3c2)CC1. The maximum atomic E-state index is 13.4. The molecule has 0 N–H and O–H groups in total. The van der Waals surface area contributed by atoms with Crippen LogP contribution in [-0.4, -0.2) is 41.9 Å². The molecule has 1 aromatic carbocycles. The second kappa shape index (κ2) is 6.20. The van der Waals surface area contributed by atoms with E-state index in [2.05, 4.69) is 17.0 Å². The summed E-state index contributed by atoms with van der Waals surface area (Å²) in [5, 5.41) is 0. The largest absolute Gasteiger partial charge is 0.486 e. The number of alkyl halides is 1. The molecule has 1 fully saturated rings. The van der Waals surface area contributed by atoms with Crippen molar-refractivity contribution in [2.75, 3.05) is 31.2 Å². The minimum atomic E-state index is -0.664. The number of piperidine rings is 1. The zero-order valence-corrected chi connectivity index (χ0v) is 14.4. The summed E-state index contributed by atoms with van der Waals surface area (Å²) in [5.41, 5.74) is 3.87. The Hall–Kier alpha value is -2.76. The molecule has 3 aromatic rings. The standard InChI is InChI=1S/C20H20FN3O2/c21-15-3-6-23(7-4-15)16-5-8-24-13-17(22-20(24)12-16)14-1-2-18-19(11-14)26-10-9-25-18/h1-2,5,8,11-13,15H,3-4,6-7,9-10H2. The Kier molecular flexibility index (Phi) is 3.69. The quantitative estimate of drug-likeness (QED) is 0.704. The van der Waals surface area contributed by atoms with E-state index in [1.807, 2.05) is 35.0 Å². The van der Waals surface area contributed by atoms with E-state index in [0.29, 0.717) is 26.1 Å². The van der Waals surface area contributed by atoms with E-state index in [4.69, 9.17) is 14.5 Å². The lowest BCUT2D eigenvalue weighted by molar-refractivity contribution is 0.171. The van der Waals surface area contributed by atoms with E-state index < -0.39 is 6.17 Å². The second-order valence-electron chi connectivity index (χ2n) is 6.80. The predicted molar refractivity (Wildman–Crippen MR) is 98.0 cm³/mol. The van der Waals surface area contributed by atoms with E-state index in [1.165, 1.54) is 0 Å². The Labute approximate surface area is 151 Å². The average molecular weight is 353 g/mol. The van der Waals surface area contributed by atoms with Crippen molar-refractivity contribution in [2.24, 2.45) is 0 Å². The first-order valence-corrected chi connectivity index (χ1v) is 9.04. The molecule has 5 rings (SSSR count). The van der Waals surface area contributed by atoms with Crippen LogP contribution < -0.4 is 14.4 Å². The summed E-state index contributed by atoms with van der Waals surface area (Å²) in [6, 6.07) is 10.0. The summed E-state index contributed by atoms with van der Waals surface area (Å²) in [6.45, 7) is 2.67. The Balaban J connectivity index is 1.46. The molecule has 5 nitrogen and oxygen atoms in total. The van der Waals surface area contributed by atoms with Gasteiger partial charge in [0.05, 0.1) is 5.69 Å². The lowest BCUT2D eigenvalue weighted by Gasteiger charge is -2.30. The van der Waals surface area contributed by atoms with Crippen molar-refractivity contribution in [3.8, 4) is 22.8 Å². The molecule has 0 bridgehead atoms. The summed E-state index contributed by atoms with van der Waals surface area (Å²) in [5.74, 6) is 1.54. The third-order valence-electron chi connectivity index (χ3n) is 5.07. The molecular formula is C20H20FN3O2. The summed E-state index contributed by atoms with van der Waals surface area (Å²) >= 11 is 0. The Bertz CT molecular complexity index is 947. The molecule has 0 amide bonds. The highest BCUT2D eigenvalue weighted by Crippen LogP contribution is 2.34. The number of hydrogen-bond donors (Lipinski definition) is 0. The summed E-state index contributed by atoms with van der Waals surface area (Å²) < 4.78 is 26.6. The molecule has 0 saturated carbocycles. The number of rotatable bonds is 2. The fourth-order valence-electron chi connectivity index (χ4n) is 3.62. The van der Waals surface area contributed by atoms with Crippen LogP contribution in [0.1, 0.15) is 12.8 Å². The Morgan fingerprint density at radius 3 is 2.65 bits per heavy atom. The van der Waals surface area contributed by atoms with Crippen molar-refractivity contribution >= 4 is 11.3 Å². The maximum absolute atomic E-state index is 13.4. The molecule has 0 spiro atoms. The number of benzene rings is 1. The van der Waals surface area contributed by atoms with Gasteiger partial charge in [0.1, 0.15) is 25.0 Å². The first kappa shape index (κ1) is 15.5. The van der Waals surface area contributed by atoms with Crippen molar-refractivity contribution < 1.29 is 13.9 Å². The van der Waals surface area contributed by atoms with Crippen LogP contribution in [0.2, 0.25) is 0 Å². The topological polar surface area (TPSA) is 39.0 Å². The van der Waals surface area contributed by atoms with Gasteiger partial charge in [-0.1, -0.05) is 0 Å². The third-order valence-corrected chi connectivity index (χ3v) is 5.07. The highest BCUT2D eigenvalue weighted by atomic mass is 19.1. The van der Waals surface area contributed by atoms with Gasteiger partial charge in [-0.15, -0.1) is 0 Å². The normalized spacial score (nSPS) is 17.7. The number of ether oxygens (including phenoxy) is 2. The summed E-state index contributed by atoms with van der Waals surface area (Å²) in [6.07, 6.45) is 4.56. The highest BCUT2D eigenvalue weighted by Gasteiger charge is 2.19.